The van der Waals surface area contributed by atoms with E-state index in [9.17, 15) is 14.0 Å². The number of ether oxygens (including phenoxy) is 2. The predicted octanol–water partition coefficient (Wildman–Crippen LogP) is 4.11. The summed E-state index contributed by atoms with van der Waals surface area (Å²) in [5.74, 6) is -0.622. The summed E-state index contributed by atoms with van der Waals surface area (Å²) >= 11 is 6.12. The average molecular weight is 393 g/mol. The summed E-state index contributed by atoms with van der Waals surface area (Å²) in [6.45, 7) is 1.27. The van der Waals surface area contributed by atoms with Crippen LogP contribution in [0.15, 0.2) is 36.4 Å². The van der Waals surface area contributed by atoms with Gasteiger partial charge < -0.3 is 20.1 Å². The molecule has 0 aliphatic rings. The van der Waals surface area contributed by atoms with Crippen LogP contribution in [0.5, 0.6) is 11.5 Å². The van der Waals surface area contributed by atoms with Gasteiger partial charge in [-0.3, -0.25) is 9.59 Å². The number of carbonyl (C=O) groups is 2. The molecule has 2 N–H and O–H groups in total. The third-order valence-electron chi connectivity index (χ3n) is 3.43. The van der Waals surface area contributed by atoms with Gasteiger partial charge in [-0.25, -0.2) is 4.39 Å². The Morgan fingerprint density at radius 3 is 2.48 bits per heavy atom. The van der Waals surface area contributed by atoms with Gasteiger partial charge in [-0.15, -0.1) is 0 Å². The van der Waals surface area contributed by atoms with Gasteiger partial charge in [0.05, 0.1) is 24.9 Å². The quantitative estimate of drug-likeness (QED) is 0.725. The van der Waals surface area contributed by atoms with Gasteiger partial charge >= 0.3 is 0 Å². The second kappa shape index (κ2) is 9.05. The largest absolute Gasteiger partial charge is 0.493 e. The van der Waals surface area contributed by atoms with Crippen LogP contribution in [-0.4, -0.2) is 26.0 Å². The van der Waals surface area contributed by atoms with Crippen molar-refractivity contribution in [3.63, 3.8) is 0 Å². The predicted molar refractivity (Wildman–Crippen MR) is 103 cm³/mol. The van der Waals surface area contributed by atoms with E-state index in [2.05, 4.69) is 10.6 Å². The Hall–Kier alpha value is -3.06. The average Bonchev–Trinajstić information content (AvgIpc) is 2.61. The first-order valence-corrected chi connectivity index (χ1v) is 8.19. The number of carbonyl (C=O) groups excluding carboxylic acids is 2. The van der Waals surface area contributed by atoms with E-state index in [1.165, 1.54) is 39.4 Å². The SMILES string of the molecule is COc1cc(/C=C/C(=O)Nc2ccc(F)c(NC(C)=O)c2)cc(Cl)c1OC. The number of hydrogen-bond acceptors (Lipinski definition) is 4. The highest BCUT2D eigenvalue weighted by Gasteiger charge is 2.10. The number of hydrogen-bond donors (Lipinski definition) is 2. The molecule has 0 aliphatic carbocycles. The first kappa shape index (κ1) is 20.3. The van der Waals surface area contributed by atoms with Gasteiger partial charge in [-0.1, -0.05) is 11.6 Å². The van der Waals surface area contributed by atoms with Crippen LogP contribution in [0.3, 0.4) is 0 Å². The van der Waals surface area contributed by atoms with Gasteiger partial charge in [0.2, 0.25) is 11.8 Å². The summed E-state index contributed by atoms with van der Waals surface area (Å²) < 4.78 is 24.0. The summed E-state index contributed by atoms with van der Waals surface area (Å²) in [7, 11) is 2.96. The molecule has 0 radical (unpaired) electrons. The minimum atomic E-state index is -0.598. The van der Waals surface area contributed by atoms with Crippen LogP contribution in [0.1, 0.15) is 12.5 Å². The molecule has 0 heterocycles. The Labute approximate surface area is 160 Å². The van der Waals surface area contributed by atoms with E-state index in [0.29, 0.717) is 27.8 Å². The number of rotatable bonds is 6. The Bertz CT molecular complexity index is 900. The Morgan fingerprint density at radius 1 is 1.11 bits per heavy atom. The molecule has 0 atom stereocenters. The molecule has 0 bridgehead atoms. The van der Waals surface area contributed by atoms with Crippen molar-refractivity contribution in [2.75, 3.05) is 24.9 Å². The first-order chi connectivity index (χ1) is 12.8. The van der Waals surface area contributed by atoms with Crippen LogP contribution >= 0.6 is 11.6 Å². The van der Waals surface area contributed by atoms with Crippen molar-refractivity contribution >= 4 is 40.9 Å². The Balaban J connectivity index is 2.14. The van der Waals surface area contributed by atoms with Gasteiger partial charge in [0.15, 0.2) is 11.5 Å². The van der Waals surface area contributed by atoms with Crippen LogP contribution in [0.4, 0.5) is 15.8 Å². The highest BCUT2D eigenvalue weighted by molar-refractivity contribution is 6.32. The zero-order valence-corrected chi connectivity index (χ0v) is 15.7. The lowest BCUT2D eigenvalue weighted by Gasteiger charge is -2.10. The van der Waals surface area contributed by atoms with Gasteiger partial charge in [0.1, 0.15) is 5.82 Å². The molecule has 0 aromatic heterocycles. The molecule has 2 amide bonds. The normalized spacial score (nSPS) is 10.6. The number of halogens is 2. The molecule has 2 aromatic rings. The number of nitrogens with one attached hydrogen (secondary N) is 2. The van der Waals surface area contributed by atoms with Gasteiger partial charge in [-0.2, -0.15) is 0 Å². The molecule has 0 fully saturated rings. The maximum Gasteiger partial charge on any atom is 0.248 e. The highest BCUT2D eigenvalue weighted by atomic mass is 35.5. The summed E-state index contributed by atoms with van der Waals surface area (Å²) in [6, 6.07) is 7.16. The molecule has 0 saturated carbocycles. The molecule has 0 saturated heterocycles. The summed E-state index contributed by atoms with van der Waals surface area (Å²) in [4.78, 5) is 23.2. The topological polar surface area (TPSA) is 76.7 Å². The Kier molecular flexibility index (Phi) is 6.79. The third-order valence-corrected chi connectivity index (χ3v) is 3.71. The van der Waals surface area contributed by atoms with E-state index >= 15 is 0 Å². The maximum absolute atomic E-state index is 13.6. The summed E-state index contributed by atoms with van der Waals surface area (Å²) in [6.07, 6.45) is 2.83. The van der Waals surface area contributed by atoms with Crippen molar-refractivity contribution in [2.45, 2.75) is 6.92 Å². The molecular formula is C19H18ClFN2O4. The lowest BCUT2D eigenvalue weighted by molar-refractivity contribution is -0.114. The lowest BCUT2D eigenvalue weighted by Crippen LogP contribution is -2.10. The fourth-order valence-corrected chi connectivity index (χ4v) is 2.57. The number of amides is 2. The van der Waals surface area contributed by atoms with Crippen molar-refractivity contribution in [2.24, 2.45) is 0 Å². The first-order valence-electron chi connectivity index (χ1n) is 7.81. The minimum absolute atomic E-state index is 0.0176. The minimum Gasteiger partial charge on any atom is -0.493 e. The van der Waals surface area contributed by atoms with Crippen LogP contribution in [-0.2, 0) is 9.59 Å². The van der Waals surface area contributed by atoms with E-state index in [4.69, 9.17) is 21.1 Å². The number of benzene rings is 2. The molecule has 0 aliphatic heterocycles. The van der Waals surface area contributed by atoms with Crippen LogP contribution < -0.4 is 20.1 Å². The molecule has 142 valence electrons. The van der Waals surface area contributed by atoms with E-state index in [-0.39, 0.29) is 5.69 Å². The Morgan fingerprint density at radius 2 is 1.85 bits per heavy atom. The van der Waals surface area contributed by atoms with Crippen LogP contribution in [0, 0.1) is 5.82 Å². The van der Waals surface area contributed by atoms with Gasteiger partial charge in [0, 0.05) is 18.7 Å². The molecule has 8 heteroatoms. The maximum atomic E-state index is 13.6. The van der Waals surface area contributed by atoms with Gasteiger partial charge in [-0.05, 0) is 42.0 Å². The van der Waals surface area contributed by atoms with Crippen molar-refractivity contribution in [3.8, 4) is 11.5 Å². The summed E-state index contributed by atoms with van der Waals surface area (Å²) in [5.41, 5.74) is 0.946. The third kappa shape index (κ3) is 5.46. The van der Waals surface area contributed by atoms with Crippen molar-refractivity contribution in [1.82, 2.24) is 0 Å². The zero-order valence-electron chi connectivity index (χ0n) is 14.9. The molecule has 0 spiro atoms. The van der Waals surface area contributed by atoms with Crippen molar-refractivity contribution in [1.29, 1.82) is 0 Å². The van der Waals surface area contributed by atoms with Crippen LogP contribution in [0.25, 0.3) is 6.08 Å². The lowest BCUT2D eigenvalue weighted by atomic mass is 10.2. The van der Waals surface area contributed by atoms with Gasteiger partial charge in [0.25, 0.3) is 0 Å². The zero-order chi connectivity index (χ0) is 20.0. The number of anilines is 2. The molecule has 0 unspecified atom stereocenters. The van der Waals surface area contributed by atoms with E-state index < -0.39 is 17.6 Å². The molecule has 6 nitrogen and oxygen atoms in total. The fraction of sp³-hybridized carbons (Fsp3) is 0.158. The number of methoxy groups -OCH3 is 2. The van der Waals surface area contributed by atoms with Crippen LogP contribution in [0.2, 0.25) is 5.02 Å². The molecule has 2 aromatic carbocycles. The van der Waals surface area contributed by atoms with Crippen molar-refractivity contribution < 1.29 is 23.5 Å². The molecule has 2 rings (SSSR count). The van der Waals surface area contributed by atoms with Crippen molar-refractivity contribution in [3.05, 3.63) is 52.8 Å². The van der Waals surface area contributed by atoms with E-state index in [1.54, 1.807) is 18.2 Å². The molecule has 27 heavy (non-hydrogen) atoms. The second-order valence-electron chi connectivity index (χ2n) is 5.44. The smallest absolute Gasteiger partial charge is 0.248 e. The fourth-order valence-electron chi connectivity index (χ4n) is 2.28. The standard InChI is InChI=1S/C19H18ClFN2O4/c1-11(24)22-16-10-13(5-6-15(16)21)23-18(25)7-4-12-8-14(20)19(27-3)17(9-12)26-2/h4-10H,1-3H3,(H,22,24)(H,23,25)/b7-4+. The second-order valence-corrected chi connectivity index (χ2v) is 5.84. The summed E-state index contributed by atoms with van der Waals surface area (Å²) in [5, 5.41) is 5.28. The van der Waals surface area contributed by atoms with E-state index in [1.807, 2.05) is 0 Å². The molecular weight excluding hydrogens is 375 g/mol. The van der Waals surface area contributed by atoms with E-state index in [0.717, 1.165) is 6.07 Å². The monoisotopic (exact) mass is 392 g/mol. The highest BCUT2D eigenvalue weighted by Crippen LogP contribution is 2.36.